The third kappa shape index (κ3) is 4.33. The zero-order valence-electron chi connectivity index (χ0n) is 13.5. The number of amides is 2. The van der Waals surface area contributed by atoms with Crippen molar-refractivity contribution < 1.29 is 19.4 Å². The Morgan fingerprint density at radius 1 is 1.38 bits per heavy atom. The summed E-state index contributed by atoms with van der Waals surface area (Å²) in [4.78, 5) is 25.0. The van der Waals surface area contributed by atoms with E-state index < -0.39 is 5.97 Å². The van der Waals surface area contributed by atoms with Gasteiger partial charge in [0.25, 0.3) is 0 Å². The number of hydrogen-bond donors (Lipinski definition) is 2. The monoisotopic (exact) mass is 300 g/mol. The van der Waals surface area contributed by atoms with Crippen LogP contribution in [0, 0.1) is 11.8 Å². The smallest absolute Gasteiger partial charge is 0.317 e. The first kappa shape index (κ1) is 17.8. The lowest BCUT2D eigenvalue weighted by Crippen LogP contribution is -2.52. The third-order valence-electron chi connectivity index (χ3n) is 4.79. The molecule has 2 unspecified atom stereocenters. The van der Waals surface area contributed by atoms with E-state index in [1.165, 1.54) is 0 Å². The van der Waals surface area contributed by atoms with Gasteiger partial charge in [-0.3, -0.25) is 4.79 Å². The van der Waals surface area contributed by atoms with Gasteiger partial charge in [0.1, 0.15) is 0 Å². The quantitative estimate of drug-likeness (QED) is 0.786. The van der Waals surface area contributed by atoms with Crippen molar-refractivity contribution in [2.45, 2.75) is 45.6 Å². The summed E-state index contributed by atoms with van der Waals surface area (Å²) in [5.74, 6) is -1.14. The fourth-order valence-electron chi connectivity index (χ4n) is 2.91. The first-order chi connectivity index (χ1) is 9.89. The first-order valence-electron chi connectivity index (χ1n) is 7.69. The van der Waals surface area contributed by atoms with E-state index in [0.29, 0.717) is 26.1 Å². The number of carboxylic acids is 1. The average Bonchev–Trinajstić information content (AvgIpc) is 2.48. The van der Waals surface area contributed by atoms with E-state index in [9.17, 15) is 9.59 Å². The molecule has 0 aliphatic carbocycles. The van der Waals surface area contributed by atoms with Crippen molar-refractivity contribution in [3.05, 3.63) is 0 Å². The Bertz CT molecular complexity index is 360. The first-order valence-corrected chi connectivity index (χ1v) is 7.69. The van der Waals surface area contributed by atoms with Gasteiger partial charge in [-0.2, -0.15) is 0 Å². The molecule has 21 heavy (non-hydrogen) atoms. The fourth-order valence-corrected chi connectivity index (χ4v) is 2.91. The zero-order valence-corrected chi connectivity index (χ0v) is 13.5. The zero-order chi connectivity index (χ0) is 16.0. The molecule has 6 heteroatoms. The molecule has 1 heterocycles. The Balaban J connectivity index is 2.52. The normalized spacial score (nSPS) is 23.0. The summed E-state index contributed by atoms with van der Waals surface area (Å²) in [6, 6.07) is -0.131. The molecular weight excluding hydrogens is 272 g/mol. The minimum atomic E-state index is -0.766. The van der Waals surface area contributed by atoms with Crippen molar-refractivity contribution in [1.82, 2.24) is 10.2 Å². The number of likely N-dealkylation sites (tertiary alicyclic amines) is 1. The van der Waals surface area contributed by atoms with Crippen LogP contribution in [0.3, 0.4) is 0 Å². The second-order valence-corrected chi connectivity index (χ2v) is 5.91. The van der Waals surface area contributed by atoms with Gasteiger partial charge in [0, 0.05) is 26.7 Å². The second kappa shape index (κ2) is 7.64. The number of carboxylic acid groups (broad SMARTS) is 1. The Labute approximate surface area is 126 Å². The second-order valence-electron chi connectivity index (χ2n) is 5.91. The maximum Gasteiger partial charge on any atom is 0.317 e. The number of aliphatic carboxylic acids is 1. The number of carbonyl (C=O) groups is 2. The SMILES string of the molecule is CCC(CC)(CNC(=O)N1CCC(C(=O)O)C(C)C1)OC. The Kier molecular flexibility index (Phi) is 6.45. The Morgan fingerprint density at radius 2 is 2.00 bits per heavy atom. The van der Waals surface area contributed by atoms with Crippen LogP contribution in [0.25, 0.3) is 0 Å². The van der Waals surface area contributed by atoms with Gasteiger partial charge >= 0.3 is 12.0 Å². The highest BCUT2D eigenvalue weighted by Crippen LogP contribution is 2.24. The lowest BCUT2D eigenvalue weighted by atomic mass is 9.87. The van der Waals surface area contributed by atoms with Crippen LogP contribution in [-0.4, -0.2) is 54.4 Å². The molecule has 122 valence electrons. The van der Waals surface area contributed by atoms with E-state index in [2.05, 4.69) is 5.32 Å². The predicted octanol–water partition coefficient (Wildman–Crippen LogP) is 1.94. The lowest BCUT2D eigenvalue weighted by Gasteiger charge is -2.36. The average molecular weight is 300 g/mol. The van der Waals surface area contributed by atoms with Gasteiger partial charge in [0.05, 0.1) is 11.5 Å². The molecule has 6 nitrogen and oxygen atoms in total. The Morgan fingerprint density at radius 3 is 2.43 bits per heavy atom. The molecule has 1 rings (SSSR count). The van der Waals surface area contributed by atoms with Gasteiger partial charge in [-0.15, -0.1) is 0 Å². The number of urea groups is 1. The molecule has 2 atom stereocenters. The summed E-state index contributed by atoms with van der Waals surface area (Å²) in [5.41, 5.74) is -0.319. The van der Waals surface area contributed by atoms with Crippen LogP contribution >= 0.6 is 0 Å². The van der Waals surface area contributed by atoms with Crippen LogP contribution < -0.4 is 5.32 Å². The van der Waals surface area contributed by atoms with E-state index in [4.69, 9.17) is 9.84 Å². The molecule has 0 aromatic heterocycles. The number of piperidine rings is 1. The molecule has 0 aromatic carbocycles. The van der Waals surface area contributed by atoms with Gasteiger partial charge in [0.15, 0.2) is 0 Å². The minimum Gasteiger partial charge on any atom is -0.481 e. The van der Waals surface area contributed by atoms with E-state index in [-0.39, 0.29) is 23.5 Å². The summed E-state index contributed by atoms with van der Waals surface area (Å²) < 4.78 is 5.53. The van der Waals surface area contributed by atoms with Gasteiger partial charge in [-0.1, -0.05) is 20.8 Å². The standard InChI is InChI=1S/C15H28N2O4/c1-5-15(6-2,21-4)10-16-14(20)17-8-7-12(13(18)19)11(3)9-17/h11-12H,5-10H2,1-4H3,(H,16,20)(H,18,19). The van der Waals surface area contributed by atoms with Gasteiger partial charge in [-0.05, 0) is 25.2 Å². The van der Waals surface area contributed by atoms with E-state index in [1.807, 2.05) is 20.8 Å². The van der Waals surface area contributed by atoms with E-state index >= 15 is 0 Å². The molecular formula is C15H28N2O4. The van der Waals surface area contributed by atoms with Crippen LogP contribution in [0.15, 0.2) is 0 Å². The number of nitrogens with one attached hydrogen (secondary N) is 1. The van der Waals surface area contributed by atoms with Crippen molar-refractivity contribution in [3.63, 3.8) is 0 Å². The summed E-state index contributed by atoms with van der Waals surface area (Å²) >= 11 is 0. The highest BCUT2D eigenvalue weighted by molar-refractivity contribution is 5.75. The maximum atomic E-state index is 12.2. The minimum absolute atomic E-state index is 0.0217. The third-order valence-corrected chi connectivity index (χ3v) is 4.79. The van der Waals surface area contributed by atoms with Gasteiger partial charge in [-0.25, -0.2) is 4.79 Å². The molecule has 0 bridgehead atoms. The molecule has 0 saturated carbocycles. The van der Waals surface area contributed by atoms with E-state index in [0.717, 1.165) is 12.8 Å². The number of ether oxygens (including phenoxy) is 1. The number of rotatable bonds is 6. The Hall–Kier alpha value is -1.30. The number of methoxy groups -OCH3 is 1. The van der Waals surface area contributed by atoms with Crippen LogP contribution in [0.5, 0.6) is 0 Å². The highest BCUT2D eigenvalue weighted by Gasteiger charge is 2.34. The van der Waals surface area contributed by atoms with Crippen molar-refractivity contribution in [3.8, 4) is 0 Å². The summed E-state index contributed by atoms with van der Waals surface area (Å²) in [7, 11) is 1.67. The molecule has 0 radical (unpaired) electrons. The molecule has 2 N–H and O–H groups in total. The molecule has 1 aliphatic heterocycles. The predicted molar refractivity (Wildman–Crippen MR) is 80.2 cm³/mol. The number of carbonyl (C=O) groups excluding carboxylic acids is 1. The van der Waals surface area contributed by atoms with Crippen LogP contribution in [-0.2, 0) is 9.53 Å². The van der Waals surface area contributed by atoms with Crippen LogP contribution in [0.1, 0.15) is 40.0 Å². The highest BCUT2D eigenvalue weighted by atomic mass is 16.5. The van der Waals surface area contributed by atoms with Crippen LogP contribution in [0.4, 0.5) is 4.79 Å². The summed E-state index contributed by atoms with van der Waals surface area (Å²) in [6.45, 7) is 7.42. The van der Waals surface area contributed by atoms with Gasteiger partial charge in [0.2, 0.25) is 0 Å². The van der Waals surface area contributed by atoms with Crippen molar-refractivity contribution in [2.24, 2.45) is 11.8 Å². The molecule has 1 saturated heterocycles. The molecule has 2 amide bonds. The van der Waals surface area contributed by atoms with Gasteiger partial charge < -0.3 is 20.1 Å². The largest absolute Gasteiger partial charge is 0.481 e. The number of nitrogens with zero attached hydrogens (tertiary/aromatic N) is 1. The summed E-state index contributed by atoms with van der Waals surface area (Å²) in [5, 5.41) is 12.0. The lowest BCUT2D eigenvalue weighted by molar-refractivity contribution is -0.145. The molecule has 1 fully saturated rings. The topological polar surface area (TPSA) is 78.9 Å². The number of hydrogen-bond acceptors (Lipinski definition) is 3. The maximum absolute atomic E-state index is 12.2. The fraction of sp³-hybridized carbons (Fsp3) is 0.867. The van der Waals surface area contributed by atoms with Crippen molar-refractivity contribution in [1.29, 1.82) is 0 Å². The summed E-state index contributed by atoms with van der Waals surface area (Å²) in [6.07, 6.45) is 2.18. The van der Waals surface area contributed by atoms with Crippen molar-refractivity contribution >= 4 is 12.0 Å². The molecule has 0 spiro atoms. The molecule has 1 aliphatic rings. The molecule has 0 aromatic rings. The van der Waals surface area contributed by atoms with Crippen molar-refractivity contribution in [2.75, 3.05) is 26.7 Å². The van der Waals surface area contributed by atoms with Crippen LogP contribution in [0.2, 0.25) is 0 Å². The van der Waals surface area contributed by atoms with E-state index in [1.54, 1.807) is 12.0 Å².